The molecule has 2 rings (SSSR count). The Balaban J connectivity index is 2.17. The van der Waals surface area contributed by atoms with Crippen LogP contribution >= 0.6 is 0 Å². The van der Waals surface area contributed by atoms with E-state index in [2.05, 4.69) is 10.3 Å². The van der Waals surface area contributed by atoms with Crippen molar-refractivity contribution in [1.82, 2.24) is 9.88 Å². The number of anilines is 2. The summed E-state index contributed by atoms with van der Waals surface area (Å²) in [5.74, 6) is 0.716. The smallest absolute Gasteiger partial charge is 0.272 e. The number of nitrogens with zero attached hydrogens (tertiary/aromatic N) is 2. The molecule has 0 fully saturated rings. The number of benzene rings is 1. The van der Waals surface area contributed by atoms with Crippen LogP contribution in [0.15, 0.2) is 36.5 Å². The standard InChI is InChI=1S/C18H23N3O2/c1-5-21(6-2)18(22)15-9-8-14(12-19-15)20-16-11-13(3)7-10-17(16)23-4/h7-12,20H,5-6H2,1-4H3. The fraction of sp³-hybridized carbons (Fsp3) is 0.333. The van der Waals surface area contributed by atoms with Crippen molar-refractivity contribution in [2.75, 3.05) is 25.5 Å². The van der Waals surface area contributed by atoms with Crippen LogP contribution in [0, 0.1) is 6.92 Å². The first kappa shape index (κ1) is 16.8. The summed E-state index contributed by atoms with van der Waals surface area (Å²) < 4.78 is 5.35. The lowest BCUT2D eigenvalue weighted by atomic mass is 10.2. The van der Waals surface area contributed by atoms with Gasteiger partial charge in [-0.3, -0.25) is 4.79 Å². The van der Waals surface area contributed by atoms with E-state index in [0.717, 1.165) is 22.7 Å². The molecule has 23 heavy (non-hydrogen) atoms. The zero-order valence-corrected chi connectivity index (χ0v) is 14.1. The number of hydrogen-bond donors (Lipinski definition) is 1. The summed E-state index contributed by atoms with van der Waals surface area (Å²) in [4.78, 5) is 18.3. The first-order valence-electron chi connectivity index (χ1n) is 7.76. The molecule has 0 spiro atoms. The number of pyridine rings is 1. The minimum atomic E-state index is -0.0466. The molecule has 1 N–H and O–H groups in total. The molecule has 0 aliphatic heterocycles. The second-order valence-electron chi connectivity index (χ2n) is 5.24. The summed E-state index contributed by atoms with van der Waals surface area (Å²) in [7, 11) is 1.64. The van der Waals surface area contributed by atoms with E-state index in [9.17, 15) is 4.79 Å². The van der Waals surface area contributed by atoms with Crippen LogP contribution in [0.5, 0.6) is 5.75 Å². The highest BCUT2D eigenvalue weighted by atomic mass is 16.5. The predicted molar refractivity (Wildman–Crippen MR) is 92.5 cm³/mol. The number of amides is 1. The van der Waals surface area contributed by atoms with Gasteiger partial charge in [0.25, 0.3) is 5.91 Å². The Morgan fingerprint density at radius 2 is 1.96 bits per heavy atom. The Kier molecular flexibility index (Phi) is 5.57. The maximum atomic E-state index is 12.2. The van der Waals surface area contributed by atoms with Gasteiger partial charge in [0.2, 0.25) is 0 Å². The lowest BCUT2D eigenvalue weighted by Gasteiger charge is -2.18. The van der Waals surface area contributed by atoms with Gasteiger partial charge in [0.05, 0.1) is 24.7 Å². The second kappa shape index (κ2) is 7.63. The normalized spacial score (nSPS) is 10.3. The van der Waals surface area contributed by atoms with Crippen molar-refractivity contribution >= 4 is 17.3 Å². The summed E-state index contributed by atoms with van der Waals surface area (Å²) in [5.41, 5.74) is 3.27. The van der Waals surface area contributed by atoms with Crippen LogP contribution in [-0.2, 0) is 0 Å². The minimum Gasteiger partial charge on any atom is -0.495 e. The van der Waals surface area contributed by atoms with Crippen molar-refractivity contribution < 1.29 is 9.53 Å². The van der Waals surface area contributed by atoms with Gasteiger partial charge in [-0.1, -0.05) is 6.07 Å². The number of rotatable bonds is 6. The van der Waals surface area contributed by atoms with Crippen LogP contribution < -0.4 is 10.1 Å². The maximum Gasteiger partial charge on any atom is 0.272 e. The second-order valence-corrected chi connectivity index (χ2v) is 5.24. The molecule has 1 amide bonds. The van der Waals surface area contributed by atoms with Gasteiger partial charge in [-0.25, -0.2) is 4.98 Å². The fourth-order valence-electron chi connectivity index (χ4n) is 2.34. The zero-order chi connectivity index (χ0) is 16.8. The van der Waals surface area contributed by atoms with Crippen molar-refractivity contribution in [3.63, 3.8) is 0 Å². The van der Waals surface area contributed by atoms with Crippen molar-refractivity contribution in [3.8, 4) is 5.75 Å². The molecule has 0 radical (unpaired) electrons. The molecule has 2 aromatic rings. The third-order valence-corrected chi connectivity index (χ3v) is 3.67. The highest BCUT2D eigenvalue weighted by Gasteiger charge is 2.13. The van der Waals surface area contributed by atoms with E-state index in [4.69, 9.17) is 4.74 Å². The van der Waals surface area contributed by atoms with E-state index >= 15 is 0 Å². The van der Waals surface area contributed by atoms with E-state index in [1.807, 2.05) is 45.0 Å². The molecule has 0 unspecified atom stereocenters. The van der Waals surface area contributed by atoms with Gasteiger partial charge in [0.15, 0.2) is 0 Å². The Hall–Kier alpha value is -2.56. The van der Waals surface area contributed by atoms with Gasteiger partial charge in [0, 0.05) is 13.1 Å². The van der Waals surface area contributed by atoms with Gasteiger partial charge in [-0.05, 0) is 50.6 Å². The number of hydrogen-bond acceptors (Lipinski definition) is 4. The quantitative estimate of drug-likeness (QED) is 0.885. The van der Waals surface area contributed by atoms with Gasteiger partial charge in [0.1, 0.15) is 11.4 Å². The van der Waals surface area contributed by atoms with Gasteiger partial charge in [-0.2, -0.15) is 0 Å². The molecule has 5 heteroatoms. The molecule has 0 aliphatic carbocycles. The number of aromatic nitrogens is 1. The summed E-state index contributed by atoms with van der Waals surface area (Å²) in [5, 5.41) is 3.28. The van der Waals surface area contributed by atoms with Crippen LogP contribution in [-0.4, -0.2) is 36.0 Å². The predicted octanol–water partition coefficient (Wildman–Crippen LogP) is 3.62. The Bertz CT molecular complexity index is 664. The van der Waals surface area contributed by atoms with Crippen LogP contribution in [0.25, 0.3) is 0 Å². The van der Waals surface area contributed by atoms with Crippen LogP contribution in [0.4, 0.5) is 11.4 Å². The molecular formula is C18H23N3O2. The summed E-state index contributed by atoms with van der Waals surface area (Å²) in [6.07, 6.45) is 1.67. The van der Waals surface area contributed by atoms with E-state index in [0.29, 0.717) is 18.8 Å². The van der Waals surface area contributed by atoms with Gasteiger partial charge in [-0.15, -0.1) is 0 Å². The van der Waals surface area contributed by atoms with E-state index in [-0.39, 0.29) is 5.91 Å². The molecule has 0 atom stereocenters. The number of aryl methyl sites for hydroxylation is 1. The topological polar surface area (TPSA) is 54.5 Å². The third-order valence-electron chi connectivity index (χ3n) is 3.67. The van der Waals surface area contributed by atoms with Crippen LogP contribution in [0.2, 0.25) is 0 Å². The molecule has 0 saturated carbocycles. The first-order chi connectivity index (χ1) is 11.1. The first-order valence-corrected chi connectivity index (χ1v) is 7.76. The average molecular weight is 313 g/mol. The van der Waals surface area contributed by atoms with E-state index in [1.165, 1.54) is 0 Å². The van der Waals surface area contributed by atoms with Gasteiger partial charge < -0.3 is 15.0 Å². The molecule has 1 aromatic carbocycles. The highest BCUT2D eigenvalue weighted by Crippen LogP contribution is 2.28. The van der Waals surface area contributed by atoms with E-state index in [1.54, 1.807) is 24.3 Å². The van der Waals surface area contributed by atoms with E-state index < -0.39 is 0 Å². The number of carbonyl (C=O) groups is 1. The zero-order valence-electron chi connectivity index (χ0n) is 14.1. The average Bonchev–Trinajstić information content (AvgIpc) is 2.57. The number of methoxy groups -OCH3 is 1. The third kappa shape index (κ3) is 4.00. The lowest BCUT2D eigenvalue weighted by Crippen LogP contribution is -2.31. The maximum absolute atomic E-state index is 12.2. The molecule has 1 heterocycles. The molecule has 0 bridgehead atoms. The fourth-order valence-corrected chi connectivity index (χ4v) is 2.34. The number of carbonyl (C=O) groups excluding carboxylic acids is 1. The molecule has 0 saturated heterocycles. The monoisotopic (exact) mass is 313 g/mol. The molecule has 0 aliphatic rings. The molecular weight excluding hydrogens is 290 g/mol. The van der Waals surface area contributed by atoms with Crippen molar-refractivity contribution in [2.45, 2.75) is 20.8 Å². The van der Waals surface area contributed by atoms with Crippen molar-refractivity contribution in [3.05, 3.63) is 47.8 Å². The number of nitrogens with one attached hydrogen (secondary N) is 1. The molecule has 122 valence electrons. The Morgan fingerprint density at radius 1 is 1.22 bits per heavy atom. The number of ether oxygens (including phenoxy) is 1. The molecule has 1 aromatic heterocycles. The van der Waals surface area contributed by atoms with Gasteiger partial charge >= 0.3 is 0 Å². The summed E-state index contributed by atoms with van der Waals surface area (Å²) >= 11 is 0. The summed E-state index contributed by atoms with van der Waals surface area (Å²) in [6, 6.07) is 9.52. The Labute approximate surface area is 137 Å². The largest absolute Gasteiger partial charge is 0.495 e. The van der Waals surface area contributed by atoms with Crippen LogP contribution in [0.1, 0.15) is 29.9 Å². The lowest BCUT2D eigenvalue weighted by molar-refractivity contribution is 0.0767. The summed E-state index contributed by atoms with van der Waals surface area (Å²) in [6.45, 7) is 7.30. The molecule has 5 nitrogen and oxygen atoms in total. The Morgan fingerprint density at radius 3 is 2.52 bits per heavy atom. The highest BCUT2D eigenvalue weighted by molar-refractivity contribution is 5.92. The SMILES string of the molecule is CCN(CC)C(=O)c1ccc(Nc2cc(C)ccc2OC)cn1. The van der Waals surface area contributed by atoms with Crippen molar-refractivity contribution in [1.29, 1.82) is 0 Å². The minimum absolute atomic E-state index is 0.0466. The van der Waals surface area contributed by atoms with Crippen molar-refractivity contribution in [2.24, 2.45) is 0 Å². The van der Waals surface area contributed by atoms with Crippen LogP contribution in [0.3, 0.4) is 0 Å².